The van der Waals surface area contributed by atoms with Crippen LogP contribution in [0.15, 0.2) is 59.8 Å². The lowest BCUT2D eigenvalue weighted by Gasteiger charge is -2.36. The fraction of sp³-hybridized carbons (Fsp3) is 0.375. The van der Waals surface area contributed by atoms with Crippen LogP contribution in [0.25, 0.3) is 0 Å². The summed E-state index contributed by atoms with van der Waals surface area (Å²) in [6, 6.07) is 17.1. The maximum Gasteiger partial charge on any atom is 0.233 e. The number of carbonyl (C=O) groups excluding carboxylic acids is 1. The molecule has 0 unspecified atom stereocenters. The fourth-order valence-corrected chi connectivity index (χ4v) is 4.94. The third-order valence-corrected chi connectivity index (χ3v) is 6.97. The Labute approximate surface area is 191 Å². The molecule has 166 valence electrons. The second-order valence-corrected chi connectivity index (χ2v) is 9.24. The molecule has 0 bridgehead atoms. The van der Waals surface area contributed by atoms with Crippen molar-refractivity contribution in [2.75, 3.05) is 36.8 Å². The van der Waals surface area contributed by atoms with Crippen molar-refractivity contribution in [3.8, 4) is 0 Å². The highest BCUT2D eigenvalue weighted by atomic mass is 32.2. The molecular weight excluding hydrogens is 425 g/mol. The molecule has 1 saturated carbocycles. The number of amides is 1. The highest BCUT2D eigenvalue weighted by Crippen LogP contribution is 2.40. The largest absolute Gasteiger partial charge is 0.366 e. The van der Waals surface area contributed by atoms with Gasteiger partial charge in [-0.3, -0.25) is 4.79 Å². The summed E-state index contributed by atoms with van der Waals surface area (Å²) in [5.74, 6) is 1.72. The highest BCUT2D eigenvalue weighted by molar-refractivity contribution is 7.99. The molecule has 0 spiro atoms. The van der Waals surface area contributed by atoms with E-state index < -0.39 is 0 Å². The van der Waals surface area contributed by atoms with Gasteiger partial charge < -0.3 is 14.4 Å². The van der Waals surface area contributed by atoms with Gasteiger partial charge in [0.05, 0.1) is 18.0 Å². The van der Waals surface area contributed by atoms with Crippen molar-refractivity contribution in [3.63, 3.8) is 0 Å². The number of thioether (sulfide) groups is 1. The standard InChI is InChI=1S/C24H26FN5OS/c25-20-8-4-5-9-21(20)28-12-14-29(15-13-28)22(31)17-32-24-27-26-23(19-10-11-19)30(24)16-18-6-2-1-3-7-18/h1-9,19H,10-17H2. The SMILES string of the molecule is O=C(CSc1nnc(C2CC2)n1Cc1ccccc1)N1CCN(c2ccccc2F)CC1. The molecule has 6 nitrogen and oxygen atoms in total. The third-order valence-electron chi connectivity index (χ3n) is 6.02. The minimum Gasteiger partial charge on any atom is -0.366 e. The van der Waals surface area contributed by atoms with Gasteiger partial charge in [0.2, 0.25) is 5.91 Å². The molecule has 2 heterocycles. The zero-order valence-electron chi connectivity index (χ0n) is 17.9. The first-order valence-corrected chi connectivity index (χ1v) is 12.0. The number of nitrogens with zero attached hydrogens (tertiary/aromatic N) is 5. The molecule has 2 fully saturated rings. The van der Waals surface area contributed by atoms with E-state index in [0.29, 0.717) is 43.5 Å². The number of rotatable bonds is 7. The minimum absolute atomic E-state index is 0.0883. The number of carbonyl (C=O) groups is 1. The number of benzene rings is 2. The number of aromatic nitrogens is 3. The van der Waals surface area contributed by atoms with Crippen LogP contribution in [0.3, 0.4) is 0 Å². The second-order valence-electron chi connectivity index (χ2n) is 8.29. The molecule has 1 aromatic heterocycles. The molecular formula is C24H26FN5OS. The topological polar surface area (TPSA) is 54.3 Å². The van der Waals surface area contributed by atoms with Crippen LogP contribution in [0.2, 0.25) is 0 Å². The highest BCUT2D eigenvalue weighted by Gasteiger charge is 2.31. The Morgan fingerprint density at radius 3 is 2.41 bits per heavy atom. The molecule has 5 rings (SSSR count). The predicted molar refractivity (Wildman–Crippen MR) is 123 cm³/mol. The second kappa shape index (κ2) is 9.32. The summed E-state index contributed by atoms with van der Waals surface area (Å²) in [6.07, 6.45) is 2.31. The van der Waals surface area contributed by atoms with E-state index in [-0.39, 0.29) is 11.7 Å². The van der Waals surface area contributed by atoms with Crippen LogP contribution in [-0.4, -0.2) is 57.5 Å². The Balaban J connectivity index is 1.20. The van der Waals surface area contributed by atoms with Crippen LogP contribution in [0.4, 0.5) is 10.1 Å². The first kappa shape index (κ1) is 21.0. The number of piperazine rings is 1. The van der Waals surface area contributed by atoms with Gasteiger partial charge in [-0.05, 0) is 30.5 Å². The molecule has 2 aromatic carbocycles. The Hall–Kier alpha value is -2.87. The Bertz CT molecular complexity index is 1080. The van der Waals surface area contributed by atoms with E-state index in [1.54, 1.807) is 12.1 Å². The summed E-state index contributed by atoms with van der Waals surface area (Å²) >= 11 is 1.46. The molecule has 0 radical (unpaired) electrons. The van der Waals surface area contributed by atoms with Gasteiger partial charge in [0.25, 0.3) is 0 Å². The summed E-state index contributed by atoms with van der Waals surface area (Å²) in [6.45, 7) is 3.17. The average molecular weight is 452 g/mol. The molecule has 32 heavy (non-hydrogen) atoms. The quantitative estimate of drug-likeness (QED) is 0.512. The maximum absolute atomic E-state index is 14.1. The van der Waals surface area contributed by atoms with Crippen molar-refractivity contribution in [3.05, 3.63) is 71.8 Å². The molecule has 2 aliphatic rings. The number of para-hydroxylation sites is 1. The maximum atomic E-state index is 14.1. The van der Waals surface area contributed by atoms with Crippen molar-refractivity contribution in [2.45, 2.75) is 30.5 Å². The molecule has 3 aromatic rings. The normalized spacial score (nSPS) is 16.4. The van der Waals surface area contributed by atoms with Crippen LogP contribution >= 0.6 is 11.8 Å². The van der Waals surface area contributed by atoms with Crippen LogP contribution in [0.5, 0.6) is 0 Å². The van der Waals surface area contributed by atoms with Crippen LogP contribution < -0.4 is 4.90 Å². The summed E-state index contributed by atoms with van der Waals surface area (Å²) in [4.78, 5) is 16.7. The van der Waals surface area contributed by atoms with Crippen molar-refractivity contribution in [1.82, 2.24) is 19.7 Å². The van der Waals surface area contributed by atoms with Crippen molar-refractivity contribution < 1.29 is 9.18 Å². The lowest BCUT2D eigenvalue weighted by atomic mass is 10.2. The van der Waals surface area contributed by atoms with E-state index in [0.717, 1.165) is 30.4 Å². The predicted octanol–water partition coefficient (Wildman–Crippen LogP) is 3.78. The fourth-order valence-electron chi connectivity index (χ4n) is 4.09. The minimum atomic E-state index is -0.216. The molecule has 1 saturated heterocycles. The smallest absolute Gasteiger partial charge is 0.233 e. The van der Waals surface area contributed by atoms with E-state index in [4.69, 9.17) is 0 Å². The third kappa shape index (κ3) is 4.65. The van der Waals surface area contributed by atoms with Crippen LogP contribution in [0, 0.1) is 5.82 Å². The number of anilines is 1. The molecule has 1 aliphatic carbocycles. The van der Waals surface area contributed by atoms with Crippen molar-refractivity contribution >= 4 is 23.4 Å². The molecule has 8 heteroatoms. The van der Waals surface area contributed by atoms with Gasteiger partial charge >= 0.3 is 0 Å². The monoisotopic (exact) mass is 451 g/mol. The van der Waals surface area contributed by atoms with Gasteiger partial charge in [-0.2, -0.15) is 0 Å². The lowest BCUT2D eigenvalue weighted by molar-refractivity contribution is -0.128. The molecule has 0 atom stereocenters. The first-order chi connectivity index (χ1) is 15.7. The van der Waals surface area contributed by atoms with Crippen molar-refractivity contribution in [1.29, 1.82) is 0 Å². The van der Waals surface area contributed by atoms with Gasteiger partial charge in [-0.15, -0.1) is 10.2 Å². The molecule has 1 aliphatic heterocycles. The average Bonchev–Trinajstić information content (AvgIpc) is 3.60. The van der Waals surface area contributed by atoms with E-state index in [1.807, 2.05) is 34.1 Å². The van der Waals surface area contributed by atoms with Gasteiger partial charge in [0, 0.05) is 32.1 Å². The van der Waals surface area contributed by atoms with E-state index in [2.05, 4.69) is 26.9 Å². The molecule has 1 amide bonds. The lowest BCUT2D eigenvalue weighted by Crippen LogP contribution is -2.49. The zero-order valence-corrected chi connectivity index (χ0v) is 18.7. The summed E-state index contributed by atoms with van der Waals surface area (Å²) < 4.78 is 16.2. The summed E-state index contributed by atoms with van der Waals surface area (Å²) in [5, 5.41) is 9.65. The summed E-state index contributed by atoms with van der Waals surface area (Å²) in [5.41, 5.74) is 1.81. The number of halogens is 1. The first-order valence-electron chi connectivity index (χ1n) is 11.1. The number of hydrogen-bond acceptors (Lipinski definition) is 5. The van der Waals surface area contributed by atoms with Gasteiger partial charge in [-0.25, -0.2) is 4.39 Å². The van der Waals surface area contributed by atoms with Crippen LogP contribution in [-0.2, 0) is 11.3 Å². The zero-order chi connectivity index (χ0) is 21.9. The Kier molecular flexibility index (Phi) is 6.12. The Morgan fingerprint density at radius 2 is 1.69 bits per heavy atom. The van der Waals surface area contributed by atoms with Gasteiger partial charge in [0.15, 0.2) is 5.16 Å². The van der Waals surface area contributed by atoms with Gasteiger partial charge in [0.1, 0.15) is 11.6 Å². The summed E-state index contributed by atoms with van der Waals surface area (Å²) in [7, 11) is 0. The van der Waals surface area contributed by atoms with E-state index in [1.165, 1.54) is 23.4 Å². The molecule has 0 N–H and O–H groups in total. The Morgan fingerprint density at radius 1 is 0.969 bits per heavy atom. The van der Waals surface area contributed by atoms with Crippen LogP contribution in [0.1, 0.15) is 30.1 Å². The number of hydrogen-bond donors (Lipinski definition) is 0. The van der Waals surface area contributed by atoms with Gasteiger partial charge in [-0.1, -0.05) is 54.2 Å². The van der Waals surface area contributed by atoms with E-state index >= 15 is 0 Å². The van der Waals surface area contributed by atoms with Crippen molar-refractivity contribution in [2.24, 2.45) is 0 Å². The van der Waals surface area contributed by atoms with E-state index in [9.17, 15) is 9.18 Å².